The molecule has 0 radical (unpaired) electrons. The Kier molecular flexibility index (Phi) is 15.3. The first-order valence-electron chi connectivity index (χ1n) is 23.1. The topological polar surface area (TPSA) is 292 Å². The molecule has 0 aromatic carbocycles. The van der Waals surface area contributed by atoms with E-state index in [1.54, 1.807) is 0 Å². The molecule has 24 atom stereocenters. The summed E-state index contributed by atoms with van der Waals surface area (Å²) in [5.41, 5.74) is 0.735. The smallest absolute Gasteiger partial charge is 0.187 e. The number of rotatable bonds is 14. The number of hydrogen-bond donors (Lipinski definition) is 10. The highest BCUT2D eigenvalue weighted by Gasteiger charge is 2.63. The van der Waals surface area contributed by atoms with Gasteiger partial charge in [0, 0.05) is 24.7 Å². The molecule has 10 N–H and O–H groups in total. The van der Waals surface area contributed by atoms with E-state index in [0.29, 0.717) is 31.6 Å². The number of aliphatic hydroxyl groups is 10. The predicted octanol–water partition coefficient (Wildman–Crippen LogP) is -0.781. The van der Waals surface area contributed by atoms with Crippen molar-refractivity contribution in [2.45, 2.75) is 191 Å². The Balaban J connectivity index is 0.964. The van der Waals surface area contributed by atoms with Crippen LogP contribution in [0.2, 0.25) is 0 Å². The fourth-order valence-corrected chi connectivity index (χ4v) is 12.6. The van der Waals surface area contributed by atoms with E-state index < -0.39 is 117 Å². The Morgan fingerprint density at radius 2 is 1.40 bits per heavy atom. The average molecular weight is 901 g/mol. The molecule has 0 spiro atoms. The summed E-state index contributed by atoms with van der Waals surface area (Å²) in [6, 6.07) is 0. The van der Waals surface area contributed by atoms with Crippen molar-refractivity contribution in [3.63, 3.8) is 0 Å². The summed E-state index contributed by atoms with van der Waals surface area (Å²) in [5, 5.41) is 103. The first kappa shape index (κ1) is 49.3. The summed E-state index contributed by atoms with van der Waals surface area (Å²) in [5.74, 6) is -0.137. The van der Waals surface area contributed by atoms with Gasteiger partial charge in [-0.05, 0) is 86.4 Å². The molecule has 18 heteroatoms. The second-order valence-electron chi connectivity index (χ2n) is 20.4. The van der Waals surface area contributed by atoms with Crippen molar-refractivity contribution in [2.24, 2.45) is 46.3 Å². The summed E-state index contributed by atoms with van der Waals surface area (Å²) in [6.07, 6.45) is -13.4. The lowest BCUT2D eigenvalue weighted by Crippen LogP contribution is -2.64. The van der Waals surface area contributed by atoms with E-state index in [0.717, 1.165) is 25.7 Å². The molecule has 63 heavy (non-hydrogen) atoms. The number of carbonyl (C=O) groups excluding carboxylic acids is 2. The first-order valence-corrected chi connectivity index (χ1v) is 23.1. The Morgan fingerprint density at radius 1 is 0.762 bits per heavy atom. The van der Waals surface area contributed by atoms with Gasteiger partial charge in [0.15, 0.2) is 18.9 Å². The van der Waals surface area contributed by atoms with Gasteiger partial charge in [-0.2, -0.15) is 0 Å². The summed E-state index contributed by atoms with van der Waals surface area (Å²) in [4.78, 5) is 27.8. The zero-order valence-electron chi connectivity index (χ0n) is 37.0. The number of ketones is 2. The van der Waals surface area contributed by atoms with Crippen LogP contribution in [-0.2, 0) is 38.0 Å². The van der Waals surface area contributed by atoms with Gasteiger partial charge in [-0.25, -0.2) is 0 Å². The van der Waals surface area contributed by atoms with Crippen LogP contribution in [0.25, 0.3) is 0 Å². The highest BCUT2D eigenvalue weighted by atomic mass is 16.8. The third-order valence-corrected chi connectivity index (χ3v) is 16.5. The maximum Gasteiger partial charge on any atom is 0.187 e. The van der Waals surface area contributed by atoms with Crippen LogP contribution in [0.3, 0.4) is 0 Å². The molecule has 3 saturated carbocycles. The molecule has 0 aromatic heterocycles. The van der Waals surface area contributed by atoms with Crippen molar-refractivity contribution in [3.05, 3.63) is 11.6 Å². The van der Waals surface area contributed by atoms with E-state index in [4.69, 9.17) is 28.4 Å². The summed E-state index contributed by atoms with van der Waals surface area (Å²) >= 11 is 0. The maximum absolute atomic E-state index is 14.0. The van der Waals surface area contributed by atoms with Crippen molar-refractivity contribution in [1.29, 1.82) is 0 Å². The minimum Gasteiger partial charge on any atom is -0.394 e. The number of aliphatic hydroxyl groups excluding tert-OH is 10. The van der Waals surface area contributed by atoms with Gasteiger partial charge in [0.1, 0.15) is 78.7 Å². The van der Waals surface area contributed by atoms with Crippen molar-refractivity contribution in [2.75, 3.05) is 19.8 Å². The lowest BCUT2D eigenvalue weighted by molar-refractivity contribution is -0.369. The standard InChI is InChI=1S/C45H72O18/c1-19(18-58-41-38(56)36(54)33(51)29(16-46)61-41)6-9-27(48)20(2)31-28(49)15-26-24-8-7-22-14-23(10-12-44(22,4)25(24)11-13-45(26,31)5)60-43-40(37(55)34(52)30(17-47)62-43)63-42-39(57)35(53)32(50)21(3)59-42/h7,19-21,23-26,29-43,46-47,50-57H,6,8-18H2,1-5H3/t19-,20-,21?,23+,24-,25+,26+,29?,30?,31-,32+,33-,34-,35?,36?,37?,38?,39?,40?,41-,42+,43-,44+,45+/m1/s1. The summed E-state index contributed by atoms with van der Waals surface area (Å²) < 4.78 is 35.1. The van der Waals surface area contributed by atoms with Gasteiger partial charge in [0.25, 0.3) is 0 Å². The average Bonchev–Trinajstić information content (AvgIpc) is 3.54. The van der Waals surface area contributed by atoms with Crippen molar-refractivity contribution >= 4 is 11.6 Å². The lowest BCUT2D eigenvalue weighted by atomic mass is 9.47. The zero-order valence-corrected chi connectivity index (χ0v) is 37.0. The van der Waals surface area contributed by atoms with Gasteiger partial charge >= 0.3 is 0 Å². The first-order chi connectivity index (χ1) is 29.7. The molecular formula is C45H72O18. The van der Waals surface area contributed by atoms with Crippen LogP contribution in [0.4, 0.5) is 0 Å². The highest BCUT2D eigenvalue weighted by Crippen LogP contribution is 2.66. The number of hydrogen-bond acceptors (Lipinski definition) is 18. The Bertz CT molecular complexity index is 1630. The number of carbonyl (C=O) groups is 2. The van der Waals surface area contributed by atoms with Crippen LogP contribution in [0.1, 0.15) is 92.4 Å². The predicted molar refractivity (Wildman–Crippen MR) is 218 cm³/mol. The second-order valence-corrected chi connectivity index (χ2v) is 20.4. The summed E-state index contributed by atoms with van der Waals surface area (Å²) in [6.45, 7) is 8.71. The van der Waals surface area contributed by atoms with Gasteiger partial charge in [0.05, 0.1) is 32.0 Å². The second kappa shape index (κ2) is 19.6. The van der Waals surface area contributed by atoms with Crippen LogP contribution in [-0.4, -0.2) is 181 Å². The molecule has 3 heterocycles. The van der Waals surface area contributed by atoms with E-state index in [2.05, 4.69) is 19.9 Å². The van der Waals surface area contributed by atoms with Gasteiger partial charge in [0.2, 0.25) is 0 Å². The van der Waals surface area contributed by atoms with E-state index >= 15 is 0 Å². The zero-order chi connectivity index (χ0) is 45.9. The molecule has 4 aliphatic carbocycles. The molecule has 18 nitrogen and oxygen atoms in total. The minimum absolute atomic E-state index is 0.0171. The Morgan fingerprint density at radius 3 is 2.08 bits per heavy atom. The number of ether oxygens (including phenoxy) is 6. The third kappa shape index (κ3) is 9.24. The highest BCUT2D eigenvalue weighted by molar-refractivity contribution is 5.92. The van der Waals surface area contributed by atoms with Gasteiger partial charge in [-0.1, -0.05) is 39.3 Å². The lowest BCUT2D eigenvalue weighted by Gasteiger charge is -2.58. The third-order valence-electron chi connectivity index (χ3n) is 16.5. The summed E-state index contributed by atoms with van der Waals surface area (Å²) in [7, 11) is 0. The molecule has 7 rings (SSSR count). The van der Waals surface area contributed by atoms with Gasteiger partial charge < -0.3 is 79.5 Å². The van der Waals surface area contributed by atoms with E-state index in [9.17, 15) is 60.7 Å². The molecule has 7 aliphatic rings. The molecule has 0 aromatic rings. The van der Waals surface area contributed by atoms with Gasteiger partial charge in [-0.3, -0.25) is 9.59 Å². The monoisotopic (exact) mass is 900 g/mol. The van der Waals surface area contributed by atoms with Crippen molar-refractivity contribution in [3.8, 4) is 0 Å². The number of allylic oxidation sites excluding steroid dienone is 1. The molecule has 3 saturated heterocycles. The van der Waals surface area contributed by atoms with Crippen LogP contribution in [0, 0.1) is 46.3 Å². The largest absolute Gasteiger partial charge is 0.394 e. The molecule has 3 aliphatic heterocycles. The van der Waals surface area contributed by atoms with Crippen LogP contribution in [0.15, 0.2) is 11.6 Å². The number of Topliss-reactive ketones (excluding diaryl/α,β-unsaturated/α-hetero) is 2. The van der Waals surface area contributed by atoms with Crippen LogP contribution >= 0.6 is 0 Å². The van der Waals surface area contributed by atoms with Crippen LogP contribution < -0.4 is 0 Å². The van der Waals surface area contributed by atoms with Crippen molar-refractivity contribution in [1.82, 2.24) is 0 Å². The minimum atomic E-state index is -1.67. The van der Waals surface area contributed by atoms with E-state index in [1.165, 1.54) is 12.5 Å². The Hall–Kier alpha value is -1.56. The normalized spacial score (nSPS) is 49.9. The molecular weight excluding hydrogens is 828 g/mol. The van der Waals surface area contributed by atoms with E-state index in [1.807, 2.05) is 13.8 Å². The fraction of sp³-hybridized carbons (Fsp3) is 0.911. The molecule has 0 amide bonds. The van der Waals surface area contributed by atoms with E-state index in [-0.39, 0.29) is 59.3 Å². The Labute approximate surface area is 368 Å². The SMILES string of the molecule is CC1O[C@@H](OC2C(O)[C@H](O)C(CO)O[C@H]2O[C@H]2CC[C@@]3(C)C(=CC[C@H]4[C@@H]5CC(=O)[C@@H]([C@H](C)C(=O)CC[C@@H](C)CO[C@@H]6OC(CO)[C@@H](O)C(O)C6O)[C@@]5(C)CC[C@@H]43)C2)C(O)C(O)[C@H]1O. The van der Waals surface area contributed by atoms with Crippen LogP contribution in [0.5, 0.6) is 0 Å². The molecule has 0 bridgehead atoms. The quantitative estimate of drug-likeness (QED) is 0.0957. The van der Waals surface area contributed by atoms with Crippen molar-refractivity contribution < 1.29 is 89.1 Å². The maximum atomic E-state index is 14.0. The number of fused-ring (bicyclic) bond motifs is 5. The fourth-order valence-electron chi connectivity index (χ4n) is 12.6. The molecule has 9 unspecified atom stereocenters. The molecule has 6 fully saturated rings. The van der Waals surface area contributed by atoms with Gasteiger partial charge in [-0.15, -0.1) is 0 Å². The molecule has 360 valence electrons.